The van der Waals surface area contributed by atoms with Crippen molar-refractivity contribution in [3.63, 3.8) is 0 Å². The Morgan fingerprint density at radius 2 is 2.21 bits per heavy atom. The molecule has 2 amide bonds. The molecule has 1 saturated heterocycles. The number of carbonyl (C=O) groups excluding carboxylic acids is 1. The Labute approximate surface area is 115 Å². The maximum Gasteiger partial charge on any atom is 0.318 e. The molecule has 1 heterocycles. The van der Waals surface area contributed by atoms with Crippen LogP contribution in [-0.4, -0.2) is 30.6 Å². The van der Waals surface area contributed by atoms with Crippen molar-refractivity contribution in [2.45, 2.75) is 26.8 Å². The molecule has 0 aromatic heterocycles. The minimum Gasteiger partial charge on any atom is -0.330 e. The molecule has 0 saturated carbocycles. The Kier molecular flexibility index (Phi) is 3.80. The van der Waals surface area contributed by atoms with Gasteiger partial charge in [-0.15, -0.1) is 0 Å². The number of nitrogens with two attached hydrogens (primary N) is 1. The third kappa shape index (κ3) is 3.26. The molecule has 0 aliphatic carbocycles. The Bertz CT molecular complexity index is 470. The molecule has 19 heavy (non-hydrogen) atoms. The summed E-state index contributed by atoms with van der Waals surface area (Å²) in [4.78, 5) is 13.9. The number of nitrogens with one attached hydrogen (secondary N) is 1. The van der Waals surface area contributed by atoms with Crippen LogP contribution in [0.1, 0.15) is 31.0 Å². The second kappa shape index (κ2) is 5.21. The molecule has 2 rings (SSSR count). The molecule has 4 nitrogen and oxygen atoms in total. The molecule has 4 heteroatoms. The average molecular weight is 261 g/mol. The highest BCUT2D eigenvalue weighted by Crippen LogP contribution is 2.24. The summed E-state index contributed by atoms with van der Waals surface area (Å²) in [5.41, 5.74) is 8.08. The molecule has 1 aliphatic rings. The highest BCUT2D eigenvalue weighted by atomic mass is 16.2. The number of rotatable bonds is 4. The first kappa shape index (κ1) is 13.9. The van der Waals surface area contributed by atoms with Gasteiger partial charge in [0.25, 0.3) is 0 Å². The number of hydrogen-bond acceptors (Lipinski definition) is 2. The third-order valence-corrected chi connectivity index (χ3v) is 3.60. The molecule has 104 valence electrons. The molecule has 1 aromatic carbocycles. The summed E-state index contributed by atoms with van der Waals surface area (Å²) < 4.78 is 0. The van der Waals surface area contributed by atoms with Crippen molar-refractivity contribution in [3.8, 4) is 0 Å². The molecule has 1 unspecified atom stereocenters. The molecule has 1 aromatic rings. The molecule has 0 bridgehead atoms. The van der Waals surface area contributed by atoms with Gasteiger partial charge in [-0.1, -0.05) is 43.7 Å². The van der Waals surface area contributed by atoms with Crippen LogP contribution in [0.2, 0.25) is 0 Å². The first-order chi connectivity index (χ1) is 8.91. The number of benzene rings is 1. The van der Waals surface area contributed by atoms with Gasteiger partial charge in [0.2, 0.25) is 0 Å². The van der Waals surface area contributed by atoms with Gasteiger partial charge >= 0.3 is 6.03 Å². The lowest BCUT2D eigenvalue weighted by Crippen LogP contribution is -2.40. The van der Waals surface area contributed by atoms with Crippen LogP contribution in [0.15, 0.2) is 24.3 Å². The van der Waals surface area contributed by atoms with Crippen molar-refractivity contribution >= 4 is 6.03 Å². The van der Waals surface area contributed by atoms with Gasteiger partial charge in [-0.3, -0.25) is 0 Å². The second-order valence-corrected chi connectivity index (χ2v) is 6.17. The second-order valence-electron chi connectivity index (χ2n) is 6.17. The van der Waals surface area contributed by atoms with Crippen LogP contribution in [0, 0.1) is 12.3 Å². The zero-order valence-corrected chi connectivity index (χ0v) is 11.9. The summed E-state index contributed by atoms with van der Waals surface area (Å²) in [6.07, 6.45) is 0. The molecule has 1 fully saturated rings. The van der Waals surface area contributed by atoms with E-state index in [1.54, 1.807) is 0 Å². The van der Waals surface area contributed by atoms with Crippen molar-refractivity contribution in [1.29, 1.82) is 0 Å². The van der Waals surface area contributed by atoms with E-state index in [0.29, 0.717) is 19.6 Å². The molecule has 1 atom stereocenters. The van der Waals surface area contributed by atoms with Crippen LogP contribution in [-0.2, 0) is 0 Å². The number of hydrogen-bond donors (Lipinski definition) is 2. The summed E-state index contributed by atoms with van der Waals surface area (Å²) >= 11 is 0. The van der Waals surface area contributed by atoms with Crippen molar-refractivity contribution in [1.82, 2.24) is 10.2 Å². The van der Waals surface area contributed by atoms with E-state index < -0.39 is 0 Å². The monoisotopic (exact) mass is 261 g/mol. The van der Waals surface area contributed by atoms with E-state index in [-0.39, 0.29) is 17.5 Å². The van der Waals surface area contributed by atoms with Gasteiger partial charge in [-0.05, 0) is 24.4 Å². The SMILES string of the molecule is Cc1cccc(C2CN(CC(C)(C)CN)C(=O)N2)c1. The maximum absolute atomic E-state index is 12.0. The van der Waals surface area contributed by atoms with Gasteiger partial charge < -0.3 is 16.0 Å². The topological polar surface area (TPSA) is 58.4 Å². The lowest BCUT2D eigenvalue weighted by atomic mass is 9.93. The van der Waals surface area contributed by atoms with Gasteiger partial charge in [-0.2, -0.15) is 0 Å². The van der Waals surface area contributed by atoms with E-state index in [2.05, 4.69) is 44.3 Å². The maximum atomic E-state index is 12.0. The van der Waals surface area contributed by atoms with E-state index >= 15 is 0 Å². The number of carbonyl (C=O) groups is 1. The van der Waals surface area contributed by atoms with E-state index in [4.69, 9.17) is 5.73 Å². The number of aryl methyl sites for hydroxylation is 1. The fourth-order valence-electron chi connectivity index (χ4n) is 2.38. The summed E-state index contributed by atoms with van der Waals surface area (Å²) in [5, 5.41) is 3.04. The fraction of sp³-hybridized carbons (Fsp3) is 0.533. The van der Waals surface area contributed by atoms with E-state index in [1.165, 1.54) is 11.1 Å². The van der Waals surface area contributed by atoms with Gasteiger partial charge in [0.1, 0.15) is 0 Å². The first-order valence-electron chi connectivity index (χ1n) is 6.73. The van der Waals surface area contributed by atoms with Gasteiger partial charge in [-0.25, -0.2) is 4.79 Å². The zero-order chi connectivity index (χ0) is 14.0. The quantitative estimate of drug-likeness (QED) is 0.871. The van der Waals surface area contributed by atoms with Crippen LogP contribution in [0.25, 0.3) is 0 Å². The largest absolute Gasteiger partial charge is 0.330 e. The standard InChI is InChI=1S/C15H23N3O/c1-11-5-4-6-12(7-11)13-8-18(14(19)17-13)10-15(2,3)9-16/h4-7,13H,8-10,16H2,1-3H3,(H,17,19). The number of urea groups is 1. The Morgan fingerprint density at radius 3 is 2.84 bits per heavy atom. The Morgan fingerprint density at radius 1 is 1.47 bits per heavy atom. The summed E-state index contributed by atoms with van der Waals surface area (Å²) in [6.45, 7) is 8.21. The summed E-state index contributed by atoms with van der Waals surface area (Å²) in [7, 11) is 0. The minimum absolute atomic E-state index is 0.00744. The van der Waals surface area contributed by atoms with Crippen LogP contribution >= 0.6 is 0 Å². The lowest BCUT2D eigenvalue weighted by Gasteiger charge is -2.28. The van der Waals surface area contributed by atoms with Gasteiger partial charge in [0.15, 0.2) is 0 Å². The van der Waals surface area contributed by atoms with Gasteiger partial charge in [0, 0.05) is 13.1 Å². The van der Waals surface area contributed by atoms with Crippen LogP contribution in [0.3, 0.4) is 0 Å². The van der Waals surface area contributed by atoms with Crippen LogP contribution in [0.4, 0.5) is 4.79 Å². The summed E-state index contributed by atoms with van der Waals surface area (Å²) in [5.74, 6) is 0. The highest BCUT2D eigenvalue weighted by Gasteiger charge is 2.33. The molecule has 0 spiro atoms. The molecule has 3 N–H and O–H groups in total. The van der Waals surface area contributed by atoms with Gasteiger partial charge in [0.05, 0.1) is 6.04 Å². The number of amides is 2. The van der Waals surface area contributed by atoms with Crippen molar-refractivity contribution in [3.05, 3.63) is 35.4 Å². The van der Waals surface area contributed by atoms with Crippen molar-refractivity contribution < 1.29 is 4.79 Å². The third-order valence-electron chi connectivity index (χ3n) is 3.60. The predicted octanol–water partition coefficient (Wildman–Crippen LogP) is 2.05. The molecule has 1 aliphatic heterocycles. The smallest absolute Gasteiger partial charge is 0.318 e. The van der Waals surface area contributed by atoms with Crippen LogP contribution < -0.4 is 11.1 Å². The minimum atomic E-state index is -0.0428. The molecular weight excluding hydrogens is 238 g/mol. The highest BCUT2D eigenvalue weighted by molar-refractivity contribution is 5.77. The summed E-state index contributed by atoms with van der Waals surface area (Å²) in [6, 6.07) is 8.38. The molecular formula is C15H23N3O. The van der Waals surface area contributed by atoms with Crippen LogP contribution in [0.5, 0.6) is 0 Å². The van der Waals surface area contributed by atoms with E-state index in [9.17, 15) is 4.79 Å². The van der Waals surface area contributed by atoms with Crippen molar-refractivity contribution in [2.24, 2.45) is 11.1 Å². The Balaban J connectivity index is 2.07. The van der Waals surface area contributed by atoms with Crippen molar-refractivity contribution in [2.75, 3.05) is 19.6 Å². The average Bonchev–Trinajstić information content (AvgIpc) is 2.70. The fourth-order valence-corrected chi connectivity index (χ4v) is 2.38. The van der Waals surface area contributed by atoms with E-state index in [0.717, 1.165) is 0 Å². The normalized spacial score (nSPS) is 19.7. The first-order valence-corrected chi connectivity index (χ1v) is 6.73. The Hall–Kier alpha value is -1.55. The zero-order valence-electron chi connectivity index (χ0n) is 11.9. The molecule has 0 radical (unpaired) electrons. The predicted molar refractivity (Wildman–Crippen MR) is 76.9 cm³/mol. The number of nitrogens with zero attached hydrogens (tertiary/aromatic N) is 1. The lowest BCUT2D eigenvalue weighted by molar-refractivity contribution is 0.191. The van der Waals surface area contributed by atoms with E-state index in [1.807, 2.05) is 11.0 Å².